The van der Waals surface area contributed by atoms with E-state index in [9.17, 15) is 0 Å². The molecule has 0 saturated heterocycles. The highest BCUT2D eigenvalue weighted by molar-refractivity contribution is 5.59. The Morgan fingerprint density at radius 2 is 2.00 bits per heavy atom. The molecule has 0 fully saturated rings. The maximum absolute atomic E-state index is 4.16. The molecule has 0 amide bonds. The second kappa shape index (κ2) is 6.43. The van der Waals surface area contributed by atoms with Gasteiger partial charge in [-0.2, -0.15) is 5.10 Å². The van der Waals surface area contributed by atoms with E-state index in [1.807, 2.05) is 48.8 Å². The SMILES string of the molecule is C(CCc1cccnc1)=NNc1ccccc1. The van der Waals surface area contributed by atoms with Gasteiger partial charge in [-0.25, -0.2) is 0 Å². The van der Waals surface area contributed by atoms with Gasteiger partial charge in [0.1, 0.15) is 0 Å². The summed E-state index contributed by atoms with van der Waals surface area (Å²) in [4.78, 5) is 4.07. The molecule has 1 aromatic carbocycles. The van der Waals surface area contributed by atoms with Gasteiger partial charge in [0.05, 0.1) is 5.69 Å². The number of nitrogens with one attached hydrogen (secondary N) is 1. The van der Waals surface area contributed by atoms with E-state index in [1.54, 1.807) is 6.20 Å². The highest BCUT2D eigenvalue weighted by Crippen LogP contribution is 2.04. The zero-order valence-corrected chi connectivity index (χ0v) is 9.58. The number of hydrazone groups is 1. The smallest absolute Gasteiger partial charge is 0.0561 e. The normalized spacial score (nSPS) is 10.6. The van der Waals surface area contributed by atoms with Gasteiger partial charge in [0.25, 0.3) is 0 Å². The van der Waals surface area contributed by atoms with Crippen LogP contribution in [0.3, 0.4) is 0 Å². The molecule has 1 N–H and O–H groups in total. The number of hydrogen-bond donors (Lipinski definition) is 1. The number of para-hydroxylation sites is 1. The molecule has 1 heterocycles. The Morgan fingerprint density at radius 1 is 1.12 bits per heavy atom. The van der Waals surface area contributed by atoms with E-state index in [-0.39, 0.29) is 0 Å². The average molecular weight is 225 g/mol. The van der Waals surface area contributed by atoms with E-state index in [2.05, 4.69) is 21.6 Å². The number of hydrogen-bond acceptors (Lipinski definition) is 3. The first-order valence-corrected chi connectivity index (χ1v) is 5.66. The van der Waals surface area contributed by atoms with Crippen LogP contribution in [0.4, 0.5) is 5.69 Å². The van der Waals surface area contributed by atoms with Crippen LogP contribution < -0.4 is 5.43 Å². The van der Waals surface area contributed by atoms with Gasteiger partial charge in [0.15, 0.2) is 0 Å². The molecule has 2 rings (SSSR count). The maximum Gasteiger partial charge on any atom is 0.0561 e. The Balaban J connectivity index is 1.72. The van der Waals surface area contributed by atoms with Crippen molar-refractivity contribution in [3.63, 3.8) is 0 Å². The van der Waals surface area contributed by atoms with Gasteiger partial charge in [0.2, 0.25) is 0 Å². The molecule has 0 radical (unpaired) electrons. The second-order valence-electron chi connectivity index (χ2n) is 3.69. The number of rotatable bonds is 5. The summed E-state index contributed by atoms with van der Waals surface area (Å²) in [5.41, 5.74) is 5.22. The molecule has 2 aromatic rings. The number of nitrogens with zero attached hydrogens (tertiary/aromatic N) is 2. The van der Waals surface area contributed by atoms with E-state index in [0.717, 1.165) is 18.5 Å². The fourth-order valence-corrected chi connectivity index (χ4v) is 1.47. The van der Waals surface area contributed by atoms with E-state index in [0.29, 0.717) is 0 Å². The lowest BCUT2D eigenvalue weighted by atomic mass is 10.2. The molecule has 1 aromatic heterocycles. The van der Waals surface area contributed by atoms with Gasteiger partial charge >= 0.3 is 0 Å². The molecule has 0 unspecified atom stereocenters. The van der Waals surface area contributed by atoms with Crippen molar-refractivity contribution in [1.82, 2.24) is 4.98 Å². The standard InChI is InChI=1S/C14H15N3/c1-2-8-14(9-3-1)17-16-11-5-7-13-6-4-10-15-12-13/h1-4,6,8-12,17H,5,7H2. The van der Waals surface area contributed by atoms with Gasteiger partial charge in [0, 0.05) is 18.6 Å². The zero-order chi connectivity index (χ0) is 11.8. The van der Waals surface area contributed by atoms with Crippen LogP contribution in [0.5, 0.6) is 0 Å². The third kappa shape index (κ3) is 4.07. The number of anilines is 1. The van der Waals surface area contributed by atoms with Crippen LogP contribution in [0.25, 0.3) is 0 Å². The summed E-state index contributed by atoms with van der Waals surface area (Å²) >= 11 is 0. The van der Waals surface area contributed by atoms with Crippen molar-refractivity contribution in [2.24, 2.45) is 5.10 Å². The largest absolute Gasteiger partial charge is 0.279 e. The first-order chi connectivity index (χ1) is 8.45. The van der Waals surface area contributed by atoms with Crippen molar-refractivity contribution in [3.05, 3.63) is 60.4 Å². The van der Waals surface area contributed by atoms with Gasteiger partial charge in [-0.1, -0.05) is 24.3 Å². The Hall–Kier alpha value is -2.16. The molecule has 3 heteroatoms. The summed E-state index contributed by atoms with van der Waals surface area (Å²) in [6.07, 6.45) is 7.44. The van der Waals surface area contributed by atoms with Crippen LogP contribution in [-0.4, -0.2) is 11.2 Å². The lowest BCUT2D eigenvalue weighted by molar-refractivity contribution is 1.03. The summed E-state index contributed by atoms with van der Waals surface area (Å²) < 4.78 is 0. The van der Waals surface area contributed by atoms with Crippen LogP contribution in [0.2, 0.25) is 0 Å². The van der Waals surface area contributed by atoms with E-state index in [1.165, 1.54) is 5.56 Å². The van der Waals surface area contributed by atoms with Crippen LogP contribution in [-0.2, 0) is 6.42 Å². The molecule has 0 spiro atoms. The van der Waals surface area contributed by atoms with Gasteiger partial charge < -0.3 is 0 Å². The molecular weight excluding hydrogens is 210 g/mol. The van der Waals surface area contributed by atoms with Crippen molar-refractivity contribution in [2.75, 3.05) is 5.43 Å². The van der Waals surface area contributed by atoms with Crippen LogP contribution in [0.15, 0.2) is 60.0 Å². The van der Waals surface area contributed by atoms with Crippen molar-refractivity contribution >= 4 is 11.9 Å². The third-order valence-electron chi connectivity index (χ3n) is 2.34. The van der Waals surface area contributed by atoms with E-state index in [4.69, 9.17) is 0 Å². The molecule has 17 heavy (non-hydrogen) atoms. The molecule has 0 atom stereocenters. The fourth-order valence-electron chi connectivity index (χ4n) is 1.47. The second-order valence-corrected chi connectivity index (χ2v) is 3.69. The predicted molar refractivity (Wildman–Crippen MR) is 71.1 cm³/mol. The van der Waals surface area contributed by atoms with E-state index >= 15 is 0 Å². The zero-order valence-electron chi connectivity index (χ0n) is 9.58. The Bertz CT molecular complexity index is 451. The molecule has 0 saturated carbocycles. The van der Waals surface area contributed by atoms with Crippen molar-refractivity contribution in [2.45, 2.75) is 12.8 Å². The Kier molecular flexibility index (Phi) is 4.28. The molecule has 0 bridgehead atoms. The van der Waals surface area contributed by atoms with Gasteiger partial charge in [-0.05, 0) is 36.6 Å². The third-order valence-corrected chi connectivity index (χ3v) is 2.34. The van der Waals surface area contributed by atoms with Crippen LogP contribution in [0.1, 0.15) is 12.0 Å². The molecule has 0 aliphatic rings. The molecule has 0 aliphatic heterocycles. The predicted octanol–water partition coefficient (Wildman–Crippen LogP) is 3.11. The first kappa shape index (κ1) is 11.3. The lowest BCUT2D eigenvalue weighted by Crippen LogP contribution is -1.91. The molecule has 3 nitrogen and oxygen atoms in total. The molecular formula is C14H15N3. The summed E-state index contributed by atoms with van der Waals surface area (Å²) in [6, 6.07) is 13.9. The van der Waals surface area contributed by atoms with E-state index < -0.39 is 0 Å². The topological polar surface area (TPSA) is 37.3 Å². The summed E-state index contributed by atoms with van der Waals surface area (Å²) in [5.74, 6) is 0. The fraction of sp³-hybridized carbons (Fsp3) is 0.143. The Morgan fingerprint density at radius 3 is 2.76 bits per heavy atom. The molecule has 0 aliphatic carbocycles. The monoisotopic (exact) mass is 225 g/mol. The first-order valence-electron chi connectivity index (χ1n) is 5.66. The minimum atomic E-state index is 0.908. The van der Waals surface area contributed by atoms with Crippen molar-refractivity contribution < 1.29 is 0 Å². The number of aromatic nitrogens is 1. The average Bonchev–Trinajstić information content (AvgIpc) is 2.41. The summed E-state index contributed by atoms with van der Waals surface area (Å²) in [7, 11) is 0. The lowest BCUT2D eigenvalue weighted by Gasteiger charge is -1.98. The maximum atomic E-state index is 4.16. The quantitative estimate of drug-likeness (QED) is 0.627. The highest BCUT2D eigenvalue weighted by atomic mass is 15.3. The molecule has 86 valence electrons. The van der Waals surface area contributed by atoms with Crippen molar-refractivity contribution in [1.29, 1.82) is 0 Å². The minimum Gasteiger partial charge on any atom is -0.279 e. The van der Waals surface area contributed by atoms with Crippen molar-refractivity contribution in [3.8, 4) is 0 Å². The summed E-state index contributed by atoms with van der Waals surface area (Å²) in [6.45, 7) is 0. The van der Waals surface area contributed by atoms with Gasteiger partial charge in [-0.15, -0.1) is 0 Å². The number of pyridine rings is 1. The Labute approximate surface area is 101 Å². The highest BCUT2D eigenvalue weighted by Gasteiger charge is 1.89. The van der Waals surface area contributed by atoms with Crippen LogP contribution >= 0.6 is 0 Å². The number of aryl methyl sites for hydroxylation is 1. The minimum absolute atomic E-state index is 0.908. The number of benzene rings is 1. The summed E-state index contributed by atoms with van der Waals surface area (Å²) in [5, 5.41) is 4.16. The van der Waals surface area contributed by atoms with Gasteiger partial charge in [-0.3, -0.25) is 10.4 Å². The van der Waals surface area contributed by atoms with Crippen LogP contribution in [0, 0.1) is 0 Å².